The van der Waals surface area contributed by atoms with Crippen LogP contribution < -0.4 is 0 Å². The molecule has 2 rings (SSSR count). The van der Waals surface area contributed by atoms with E-state index in [9.17, 15) is 13.2 Å². The fourth-order valence-corrected chi connectivity index (χ4v) is 3.82. The van der Waals surface area contributed by atoms with Gasteiger partial charge in [-0.05, 0) is 61.2 Å². The molecule has 0 amide bonds. The minimum atomic E-state index is -2.37. The van der Waals surface area contributed by atoms with Crippen molar-refractivity contribution in [3.8, 4) is 0 Å². The summed E-state index contributed by atoms with van der Waals surface area (Å²) >= 11 is 0. The summed E-state index contributed by atoms with van der Waals surface area (Å²) in [7, 11) is 0. The lowest BCUT2D eigenvalue weighted by Crippen LogP contribution is -2.31. The highest BCUT2D eigenvalue weighted by atomic mass is 19.3. The van der Waals surface area contributed by atoms with E-state index in [1.807, 2.05) is 0 Å². The van der Waals surface area contributed by atoms with Gasteiger partial charge < -0.3 is 0 Å². The number of hydrogen-bond acceptors (Lipinski definition) is 0. The first-order valence-corrected chi connectivity index (χ1v) is 9.33. The summed E-state index contributed by atoms with van der Waals surface area (Å²) in [5, 5.41) is 0. The Morgan fingerprint density at radius 3 is 1.35 bits per heavy atom. The average Bonchev–Trinajstić information content (AvgIpc) is 2.37. The van der Waals surface area contributed by atoms with Crippen LogP contribution in [0.5, 0.6) is 0 Å². The second-order valence-electron chi connectivity index (χ2n) is 9.81. The van der Waals surface area contributed by atoms with Crippen molar-refractivity contribution in [3.63, 3.8) is 0 Å². The summed E-state index contributed by atoms with van der Waals surface area (Å²) in [6.07, 6.45) is 4.82. The molecular weight excluding hydrogens is 297 g/mol. The molecule has 0 N–H and O–H groups in total. The minimum absolute atomic E-state index is 0.0922. The van der Waals surface area contributed by atoms with Crippen molar-refractivity contribution in [3.05, 3.63) is 0 Å². The van der Waals surface area contributed by atoms with Crippen LogP contribution in [0.2, 0.25) is 0 Å². The van der Waals surface area contributed by atoms with Gasteiger partial charge in [-0.25, -0.2) is 13.2 Å². The molecule has 0 aliphatic heterocycles. The summed E-state index contributed by atoms with van der Waals surface area (Å²) < 4.78 is 38.3. The van der Waals surface area contributed by atoms with Crippen LogP contribution in [0.3, 0.4) is 0 Å². The molecule has 0 aromatic carbocycles. The Balaban J connectivity index is 0.000000231. The topological polar surface area (TPSA) is 0 Å². The van der Waals surface area contributed by atoms with Crippen LogP contribution in [0.4, 0.5) is 13.2 Å². The maximum atomic E-state index is 12.8. The van der Waals surface area contributed by atoms with Crippen molar-refractivity contribution in [2.75, 3.05) is 0 Å². The van der Waals surface area contributed by atoms with Gasteiger partial charge in [0, 0.05) is 12.8 Å². The lowest BCUT2D eigenvalue weighted by atomic mass is 9.71. The molecule has 138 valence electrons. The Morgan fingerprint density at radius 2 is 1.00 bits per heavy atom. The van der Waals surface area contributed by atoms with Gasteiger partial charge in [0.1, 0.15) is 6.17 Å². The number of hydrogen-bond donors (Lipinski definition) is 0. The molecule has 0 heterocycles. The highest BCUT2D eigenvalue weighted by Gasteiger charge is 2.38. The van der Waals surface area contributed by atoms with Crippen LogP contribution in [-0.2, 0) is 0 Å². The Bertz CT molecular complexity index is 331. The van der Waals surface area contributed by atoms with Gasteiger partial charge in [-0.1, -0.05) is 41.5 Å². The Hall–Kier alpha value is -0.210. The molecule has 0 spiro atoms. The van der Waals surface area contributed by atoms with Gasteiger partial charge in [-0.3, -0.25) is 0 Å². The van der Waals surface area contributed by atoms with Gasteiger partial charge in [0.2, 0.25) is 5.92 Å². The fraction of sp³-hybridized carbons (Fsp3) is 1.00. The van der Waals surface area contributed by atoms with E-state index in [0.29, 0.717) is 24.2 Å². The predicted octanol–water partition coefficient (Wildman–Crippen LogP) is 7.42. The van der Waals surface area contributed by atoms with Gasteiger partial charge in [0.25, 0.3) is 0 Å². The molecule has 0 bridgehead atoms. The highest BCUT2D eigenvalue weighted by Crippen LogP contribution is 2.43. The van der Waals surface area contributed by atoms with Crippen molar-refractivity contribution in [2.45, 2.75) is 105 Å². The average molecular weight is 335 g/mol. The number of alkyl halides is 3. The van der Waals surface area contributed by atoms with Crippen molar-refractivity contribution < 1.29 is 13.2 Å². The Kier molecular flexibility index (Phi) is 7.05. The van der Waals surface area contributed by atoms with Crippen molar-refractivity contribution in [1.29, 1.82) is 0 Å². The molecule has 0 aromatic rings. The maximum Gasteiger partial charge on any atom is 0.248 e. The summed E-state index contributed by atoms with van der Waals surface area (Å²) in [4.78, 5) is 0. The zero-order valence-corrected chi connectivity index (χ0v) is 16.0. The number of rotatable bonds is 0. The monoisotopic (exact) mass is 334 g/mol. The Morgan fingerprint density at radius 1 is 0.652 bits per heavy atom. The molecule has 3 heteroatoms. The van der Waals surface area contributed by atoms with Crippen molar-refractivity contribution >= 4 is 0 Å². The molecule has 2 fully saturated rings. The van der Waals surface area contributed by atoms with E-state index in [1.165, 1.54) is 0 Å². The molecule has 2 aliphatic rings. The first kappa shape index (κ1) is 20.8. The van der Waals surface area contributed by atoms with E-state index < -0.39 is 12.1 Å². The van der Waals surface area contributed by atoms with Crippen LogP contribution in [-0.4, -0.2) is 12.1 Å². The molecule has 0 nitrogen and oxygen atoms in total. The maximum absolute atomic E-state index is 12.8. The Labute approximate surface area is 141 Å². The largest absolute Gasteiger partial charge is 0.248 e. The first-order valence-electron chi connectivity index (χ1n) is 9.33. The van der Waals surface area contributed by atoms with Crippen LogP contribution in [0.15, 0.2) is 0 Å². The second kappa shape index (κ2) is 7.78. The quantitative estimate of drug-likeness (QED) is 0.432. The molecule has 0 atom stereocenters. The fourth-order valence-electron chi connectivity index (χ4n) is 3.82. The van der Waals surface area contributed by atoms with Crippen LogP contribution in [0.25, 0.3) is 0 Å². The van der Waals surface area contributed by atoms with E-state index in [1.54, 1.807) is 0 Å². The van der Waals surface area contributed by atoms with Crippen molar-refractivity contribution in [2.24, 2.45) is 22.7 Å². The van der Waals surface area contributed by atoms with Gasteiger partial charge in [0.15, 0.2) is 0 Å². The molecule has 0 saturated heterocycles. The van der Waals surface area contributed by atoms with Crippen LogP contribution in [0, 0.1) is 22.7 Å². The predicted molar refractivity (Wildman–Crippen MR) is 92.7 cm³/mol. The lowest BCUT2D eigenvalue weighted by Gasteiger charge is -2.36. The standard InChI is InChI=1S/C10H18F2.C10H19F/c1-9(2,3)8-4-6-10(11,12)7-5-8;1-10(2,3)8-4-6-9(11)7-5-8/h8H,4-7H2,1-3H3;8-9H,4-7H2,1-3H3. The van der Waals surface area contributed by atoms with E-state index in [0.717, 1.165) is 31.6 Å². The first-order chi connectivity index (χ1) is 10.3. The molecule has 0 unspecified atom stereocenters. The SMILES string of the molecule is CC(C)(C)C1CCC(F)(F)CC1.CC(C)(C)C1CCC(F)CC1. The minimum Gasteiger partial charge on any atom is -0.247 e. The third-order valence-electron chi connectivity index (χ3n) is 5.82. The van der Waals surface area contributed by atoms with E-state index >= 15 is 0 Å². The molecule has 0 radical (unpaired) electrons. The van der Waals surface area contributed by atoms with Gasteiger partial charge in [0.05, 0.1) is 0 Å². The molecule has 2 saturated carbocycles. The molecule has 23 heavy (non-hydrogen) atoms. The van der Waals surface area contributed by atoms with Gasteiger partial charge in [-0.2, -0.15) is 0 Å². The van der Waals surface area contributed by atoms with E-state index in [4.69, 9.17) is 0 Å². The summed E-state index contributed by atoms with van der Waals surface area (Å²) in [5.41, 5.74) is 0.594. The van der Waals surface area contributed by atoms with Crippen LogP contribution >= 0.6 is 0 Å². The summed E-state index contributed by atoms with van der Waals surface area (Å²) in [6.45, 7) is 13.2. The second-order valence-corrected chi connectivity index (χ2v) is 9.81. The lowest BCUT2D eigenvalue weighted by molar-refractivity contribution is -0.0582. The third-order valence-corrected chi connectivity index (χ3v) is 5.82. The molecule has 0 aromatic heterocycles. The molecule has 2 aliphatic carbocycles. The summed E-state index contributed by atoms with van der Waals surface area (Å²) in [5.74, 6) is -1.14. The van der Waals surface area contributed by atoms with Gasteiger partial charge >= 0.3 is 0 Å². The van der Waals surface area contributed by atoms with Gasteiger partial charge in [-0.15, -0.1) is 0 Å². The zero-order valence-electron chi connectivity index (χ0n) is 16.0. The third kappa shape index (κ3) is 7.47. The molecular formula is C20H37F3. The van der Waals surface area contributed by atoms with Crippen LogP contribution in [0.1, 0.15) is 92.9 Å². The van der Waals surface area contributed by atoms with E-state index in [2.05, 4.69) is 41.5 Å². The smallest absolute Gasteiger partial charge is 0.247 e. The summed E-state index contributed by atoms with van der Waals surface area (Å²) in [6, 6.07) is 0. The number of halogens is 3. The highest BCUT2D eigenvalue weighted by molar-refractivity contribution is 4.83. The van der Waals surface area contributed by atoms with E-state index in [-0.39, 0.29) is 18.3 Å². The normalized spacial score (nSPS) is 29.6. The zero-order chi connectivity index (χ0) is 17.9. The van der Waals surface area contributed by atoms with Crippen molar-refractivity contribution in [1.82, 2.24) is 0 Å².